The van der Waals surface area contributed by atoms with Gasteiger partial charge in [-0.1, -0.05) is 32.0 Å². The predicted octanol–water partition coefficient (Wildman–Crippen LogP) is -0.692. The summed E-state index contributed by atoms with van der Waals surface area (Å²) in [5.74, 6) is -3.03. The van der Waals surface area contributed by atoms with Crippen LogP contribution in [-0.4, -0.2) is 71.0 Å². The summed E-state index contributed by atoms with van der Waals surface area (Å²) < 4.78 is 0. The lowest BCUT2D eigenvalue weighted by Gasteiger charge is -2.25. The second-order valence-corrected chi connectivity index (χ2v) is 9.43. The van der Waals surface area contributed by atoms with E-state index in [1.807, 2.05) is 38.1 Å². The Morgan fingerprint density at radius 1 is 1.00 bits per heavy atom. The summed E-state index contributed by atoms with van der Waals surface area (Å²) in [6, 6.07) is 4.22. The van der Waals surface area contributed by atoms with Gasteiger partial charge in [-0.3, -0.25) is 19.4 Å². The molecule has 13 heteroatoms. The van der Waals surface area contributed by atoms with E-state index in [4.69, 9.17) is 17.2 Å². The fourth-order valence-electron chi connectivity index (χ4n) is 3.99. The number of hydrogen-bond donors (Lipinski definition) is 8. The first kappa shape index (κ1) is 30.1. The number of benzene rings is 1. The summed E-state index contributed by atoms with van der Waals surface area (Å²) in [6.07, 6.45) is 2.54. The summed E-state index contributed by atoms with van der Waals surface area (Å²) >= 11 is 0. The van der Waals surface area contributed by atoms with Crippen LogP contribution >= 0.6 is 0 Å². The molecule has 1 aromatic carbocycles. The van der Waals surface area contributed by atoms with Crippen molar-refractivity contribution < 1.29 is 24.3 Å². The number of carbonyl (C=O) groups excluding carboxylic acids is 3. The van der Waals surface area contributed by atoms with Crippen molar-refractivity contribution in [1.82, 2.24) is 20.9 Å². The summed E-state index contributed by atoms with van der Waals surface area (Å²) in [6.45, 7) is 3.70. The molecule has 0 aliphatic rings. The maximum absolute atomic E-state index is 13.3. The molecule has 0 saturated carbocycles. The number of nitrogens with two attached hydrogens (primary N) is 3. The second kappa shape index (κ2) is 14.6. The van der Waals surface area contributed by atoms with Gasteiger partial charge < -0.3 is 43.2 Å². The van der Waals surface area contributed by atoms with E-state index in [-0.39, 0.29) is 37.8 Å². The fourth-order valence-corrected chi connectivity index (χ4v) is 3.99. The molecule has 1 aromatic heterocycles. The monoisotopic (exact) mass is 530 g/mol. The normalized spacial score (nSPS) is 13.4. The molecule has 3 unspecified atom stereocenters. The molecule has 11 N–H and O–H groups in total. The number of nitrogens with one attached hydrogen (secondary N) is 4. The standard InChI is InChI=1S/C25H38N8O5/c1-14(2)10-19(31-21(34)12-26)22(35)33-20(11-15-13-30-17-7-4-3-6-16(15)17)23(36)32-18(24(37)38)8-5-9-29-25(27)28/h3-4,6-7,13-14,18-20,30H,5,8-12,26H2,1-2H3,(H,31,34)(H,32,36)(H,33,35)(H,37,38)(H4,27,28,29). The Bertz CT molecular complexity index is 1140. The molecule has 0 fully saturated rings. The number of carboxylic acid groups (broad SMARTS) is 1. The number of para-hydroxylation sites is 1. The first-order valence-electron chi connectivity index (χ1n) is 12.4. The van der Waals surface area contributed by atoms with E-state index in [9.17, 15) is 24.3 Å². The maximum atomic E-state index is 13.3. The van der Waals surface area contributed by atoms with Crippen molar-refractivity contribution in [3.05, 3.63) is 36.0 Å². The van der Waals surface area contributed by atoms with Gasteiger partial charge in [0.2, 0.25) is 17.7 Å². The molecule has 0 saturated heterocycles. The van der Waals surface area contributed by atoms with E-state index >= 15 is 0 Å². The Morgan fingerprint density at radius 2 is 1.66 bits per heavy atom. The fraction of sp³-hybridized carbons (Fsp3) is 0.480. The van der Waals surface area contributed by atoms with Crippen LogP contribution in [-0.2, 0) is 25.6 Å². The van der Waals surface area contributed by atoms with E-state index in [0.29, 0.717) is 12.8 Å². The van der Waals surface area contributed by atoms with E-state index in [1.165, 1.54) is 0 Å². The zero-order chi connectivity index (χ0) is 28.2. The van der Waals surface area contributed by atoms with E-state index in [1.54, 1.807) is 6.20 Å². The minimum atomic E-state index is -1.23. The molecule has 3 atom stereocenters. The quantitative estimate of drug-likeness (QED) is 0.0832. The van der Waals surface area contributed by atoms with E-state index in [2.05, 4.69) is 25.9 Å². The lowest BCUT2D eigenvalue weighted by Crippen LogP contribution is -2.57. The van der Waals surface area contributed by atoms with Gasteiger partial charge in [0, 0.05) is 30.1 Å². The highest BCUT2D eigenvalue weighted by molar-refractivity contribution is 5.94. The van der Waals surface area contributed by atoms with Gasteiger partial charge in [-0.15, -0.1) is 0 Å². The number of carboxylic acids is 1. The third kappa shape index (κ3) is 9.39. The van der Waals surface area contributed by atoms with Crippen molar-refractivity contribution >= 4 is 40.6 Å². The Kier molecular flexibility index (Phi) is 11.5. The van der Waals surface area contributed by atoms with Crippen molar-refractivity contribution in [3.63, 3.8) is 0 Å². The third-order valence-electron chi connectivity index (χ3n) is 5.84. The molecule has 1 heterocycles. The third-order valence-corrected chi connectivity index (χ3v) is 5.84. The largest absolute Gasteiger partial charge is 0.480 e. The molecule has 2 aromatic rings. The topological polar surface area (TPSA) is 231 Å². The molecular formula is C25H38N8O5. The van der Waals surface area contributed by atoms with Gasteiger partial charge in [0.25, 0.3) is 0 Å². The van der Waals surface area contributed by atoms with Crippen molar-refractivity contribution in [2.24, 2.45) is 28.1 Å². The average molecular weight is 531 g/mol. The van der Waals surface area contributed by atoms with Gasteiger partial charge in [0.05, 0.1) is 6.54 Å². The highest BCUT2D eigenvalue weighted by atomic mass is 16.4. The number of aliphatic carboxylic acids is 1. The second-order valence-electron chi connectivity index (χ2n) is 9.43. The predicted molar refractivity (Wildman–Crippen MR) is 144 cm³/mol. The number of aromatic nitrogens is 1. The van der Waals surface area contributed by atoms with Gasteiger partial charge in [0.15, 0.2) is 5.96 Å². The number of nitrogens with zero attached hydrogens (tertiary/aromatic N) is 1. The molecule has 0 aliphatic heterocycles. The highest BCUT2D eigenvalue weighted by Gasteiger charge is 2.30. The van der Waals surface area contributed by atoms with Crippen LogP contribution in [0.25, 0.3) is 10.9 Å². The number of carbonyl (C=O) groups is 4. The van der Waals surface area contributed by atoms with Crippen LogP contribution < -0.4 is 33.2 Å². The Labute approximate surface area is 221 Å². The SMILES string of the molecule is CC(C)CC(NC(=O)CN)C(=O)NC(Cc1c[nH]c2ccccc12)C(=O)NC(CCCN=C(N)N)C(=O)O. The van der Waals surface area contributed by atoms with Crippen LogP contribution in [0.15, 0.2) is 35.5 Å². The van der Waals surface area contributed by atoms with Crippen molar-refractivity contribution in [2.45, 2.75) is 57.7 Å². The minimum Gasteiger partial charge on any atom is -0.480 e. The summed E-state index contributed by atoms with van der Waals surface area (Å²) in [5, 5.41) is 18.3. The number of guanidine groups is 1. The molecule has 0 radical (unpaired) electrons. The van der Waals surface area contributed by atoms with Crippen molar-refractivity contribution in [3.8, 4) is 0 Å². The molecule has 13 nitrogen and oxygen atoms in total. The van der Waals surface area contributed by atoms with Gasteiger partial charge >= 0.3 is 5.97 Å². The van der Waals surface area contributed by atoms with Crippen LogP contribution in [0, 0.1) is 5.92 Å². The van der Waals surface area contributed by atoms with E-state index < -0.39 is 41.8 Å². The number of aliphatic imine (C=N–C) groups is 1. The number of aromatic amines is 1. The molecule has 0 bridgehead atoms. The molecular weight excluding hydrogens is 492 g/mol. The summed E-state index contributed by atoms with van der Waals surface area (Å²) in [7, 11) is 0. The average Bonchev–Trinajstić information content (AvgIpc) is 3.26. The molecule has 38 heavy (non-hydrogen) atoms. The van der Waals surface area contributed by atoms with Gasteiger partial charge in [-0.25, -0.2) is 4.79 Å². The van der Waals surface area contributed by atoms with Crippen LogP contribution in [0.3, 0.4) is 0 Å². The van der Waals surface area contributed by atoms with Gasteiger partial charge in [0.1, 0.15) is 18.1 Å². The molecule has 2 rings (SSSR count). The molecule has 208 valence electrons. The Hall–Kier alpha value is -4.13. The van der Waals surface area contributed by atoms with Crippen LogP contribution in [0.5, 0.6) is 0 Å². The van der Waals surface area contributed by atoms with Crippen LogP contribution in [0.2, 0.25) is 0 Å². The first-order valence-corrected chi connectivity index (χ1v) is 12.4. The molecule has 3 amide bonds. The molecule has 0 aliphatic carbocycles. The Morgan fingerprint density at radius 3 is 2.29 bits per heavy atom. The smallest absolute Gasteiger partial charge is 0.326 e. The summed E-state index contributed by atoms with van der Waals surface area (Å²) in [5.41, 5.74) is 17.6. The van der Waals surface area contributed by atoms with E-state index in [0.717, 1.165) is 16.5 Å². The first-order chi connectivity index (χ1) is 18.0. The van der Waals surface area contributed by atoms with Crippen LogP contribution in [0.1, 0.15) is 38.7 Å². The number of H-pyrrole nitrogens is 1. The van der Waals surface area contributed by atoms with Crippen LogP contribution in [0.4, 0.5) is 0 Å². The summed E-state index contributed by atoms with van der Waals surface area (Å²) in [4.78, 5) is 57.3. The number of hydrogen-bond acceptors (Lipinski definition) is 6. The lowest BCUT2D eigenvalue weighted by molar-refractivity contribution is -0.142. The lowest BCUT2D eigenvalue weighted by atomic mass is 10.0. The zero-order valence-corrected chi connectivity index (χ0v) is 21.7. The maximum Gasteiger partial charge on any atom is 0.326 e. The minimum absolute atomic E-state index is 0.0614. The number of amides is 3. The number of rotatable bonds is 15. The molecule has 0 spiro atoms. The number of fused-ring (bicyclic) bond motifs is 1. The van der Waals surface area contributed by atoms with Gasteiger partial charge in [-0.2, -0.15) is 0 Å². The van der Waals surface area contributed by atoms with Gasteiger partial charge in [-0.05, 0) is 36.8 Å². The highest BCUT2D eigenvalue weighted by Crippen LogP contribution is 2.19. The van der Waals surface area contributed by atoms with Crippen molar-refractivity contribution in [2.75, 3.05) is 13.1 Å². The van der Waals surface area contributed by atoms with Crippen molar-refractivity contribution in [1.29, 1.82) is 0 Å². The zero-order valence-electron chi connectivity index (χ0n) is 21.7. The Balaban J connectivity index is 2.27.